The van der Waals surface area contributed by atoms with Crippen molar-refractivity contribution in [1.82, 2.24) is 34.7 Å². The van der Waals surface area contributed by atoms with Crippen molar-refractivity contribution in [2.75, 3.05) is 31.5 Å². The molecule has 4 heterocycles. The zero-order valence-corrected chi connectivity index (χ0v) is 22.5. The molecule has 13 heteroatoms. The smallest absolute Gasteiger partial charge is 0.339 e. The first-order chi connectivity index (χ1) is 19.6. The maximum absolute atomic E-state index is 15.4. The molecule has 1 saturated carbocycles. The van der Waals surface area contributed by atoms with Crippen LogP contribution < -0.4 is 5.32 Å². The lowest BCUT2D eigenvalue weighted by Gasteiger charge is -2.39. The molecule has 0 bridgehead atoms. The molecule has 2 aliphatic rings. The van der Waals surface area contributed by atoms with E-state index in [2.05, 4.69) is 35.1 Å². The number of aromatic nitrogens is 5. The highest BCUT2D eigenvalue weighted by molar-refractivity contribution is 5.86. The monoisotopic (exact) mass is 568 g/mol. The number of hydrogen-bond donors (Lipinski definition) is 2. The molecule has 1 aliphatic carbocycles. The van der Waals surface area contributed by atoms with Crippen LogP contribution in [0.25, 0.3) is 22.3 Å². The largest absolute Gasteiger partial charge is 0.403 e. The fourth-order valence-corrected chi connectivity index (χ4v) is 5.37. The molecule has 3 aromatic heterocycles. The molecular formula is C28H28F4N8O. The van der Waals surface area contributed by atoms with Gasteiger partial charge in [-0.3, -0.25) is 9.69 Å². The van der Waals surface area contributed by atoms with Crippen molar-refractivity contribution in [3.63, 3.8) is 0 Å². The van der Waals surface area contributed by atoms with Crippen molar-refractivity contribution < 1.29 is 22.4 Å². The maximum Gasteiger partial charge on any atom is 0.403 e. The molecule has 1 atom stereocenters. The zero-order chi connectivity index (χ0) is 28.9. The number of amides is 1. The number of pyridine rings is 1. The van der Waals surface area contributed by atoms with Crippen LogP contribution in [0.4, 0.5) is 29.3 Å². The molecule has 1 amide bonds. The summed E-state index contributed by atoms with van der Waals surface area (Å²) in [5.41, 5.74) is 0.959. The van der Waals surface area contributed by atoms with Gasteiger partial charge in [0, 0.05) is 49.7 Å². The Kier molecular flexibility index (Phi) is 6.63. The molecular weight excluding hydrogens is 540 g/mol. The Hall–Kier alpha value is -4.13. The molecule has 4 aromatic rings. The number of carbonyl (C=O) groups excluding carboxylic acids is 1. The first-order valence-corrected chi connectivity index (χ1v) is 13.4. The third kappa shape index (κ3) is 4.98. The zero-order valence-electron chi connectivity index (χ0n) is 22.5. The molecule has 0 spiro atoms. The lowest BCUT2D eigenvalue weighted by atomic mass is 10.0. The molecule has 214 valence electrons. The van der Waals surface area contributed by atoms with Gasteiger partial charge in [-0.25, -0.2) is 24.3 Å². The van der Waals surface area contributed by atoms with Gasteiger partial charge in [0.05, 0.1) is 11.2 Å². The number of halogens is 4. The summed E-state index contributed by atoms with van der Waals surface area (Å²) in [4.78, 5) is 36.1. The van der Waals surface area contributed by atoms with Gasteiger partial charge in [0.25, 0.3) is 0 Å². The fourth-order valence-electron chi connectivity index (χ4n) is 5.37. The van der Waals surface area contributed by atoms with E-state index in [1.54, 1.807) is 24.4 Å². The lowest BCUT2D eigenvalue weighted by molar-refractivity contribution is -0.199. The summed E-state index contributed by atoms with van der Waals surface area (Å²) in [5.74, 6) is -0.459. The molecule has 1 unspecified atom stereocenters. The van der Waals surface area contributed by atoms with Crippen LogP contribution in [-0.4, -0.2) is 73.0 Å². The number of carbonyl (C=O) groups is 1. The van der Waals surface area contributed by atoms with Gasteiger partial charge < -0.3 is 15.2 Å². The minimum atomic E-state index is -4.50. The number of imidazole rings is 1. The molecule has 1 aliphatic heterocycles. The number of aryl methyl sites for hydroxylation is 1. The highest BCUT2D eigenvalue weighted by Crippen LogP contribution is 2.58. The van der Waals surface area contributed by atoms with E-state index < -0.39 is 23.3 Å². The first-order valence-electron chi connectivity index (χ1n) is 13.4. The summed E-state index contributed by atoms with van der Waals surface area (Å²) in [5, 5.41) is 3.10. The van der Waals surface area contributed by atoms with Crippen LogP contribution in [0, 0.1) is 18.2 Å². The molecule has 2 fully saturated rings. The number of nitrogens with zero attached hydrogens (tertiary/aromatic N) is 6. The standard InChI is InChI=1S/C28H28F4N8O/c1-16-13-21(35-15-34-16)19-3-4-20-24(23(19)29)38-26(36-20)37-22-14-18(5-8-33-22)17(2)39-9-11-40(12-10-39)25(41)27(6-7-27)28(30,31)32/h3-5,8,13-15,17H,6-7,9-12H2,1-2H3,(H2,33,36,37,38). The number of anilines is 2. The number of aromatic amines is 1. The Morgan fingerprint density at radius 2 is 1.83 bits per heavy atom. The van der Waals surface area contributed by atoms with E-state index in [4.69, 9.17) is 0 Å². The summed E-state index contributed by atoms with van der Waals surface area (Å²) in [7, 11) is 0. The Balaban J connectivity index is 1.13. The van der Waals surface area contributed by atoms with Crippen LogP contribution in [0.15, 0.2) is 42.9 Å². The van der Waals surface area contributed by atoms with E-state index in [9.17, 15) is 18.0 Å². The van der Waals surface area contributed by atoms with Gasteiger partial charge >= 0.3 is 6.18 Å². The SMILES string of the molecule is Cc1cc(-c2ccc3nc(Nc4cc(C(C)N5CCN(C(=O)C6(C(F)(F)F)CC6)CC5)ccn4)[nH]c3c2F)ncn1. The second-order valence-corrected chi connectivity index (χ2v) is 10.6. The van der Waals surface area contributed by atoms with E-state index in [1.807, 2.05) is 26.0 Å². The van der Waals surface area contributed by atoms with Gasteiger partial charge in [-0.1, -0.05) is 0 Å². The van der Waals surface area contributed by atoms with Crippen LogP contribution in [0.5, 0.6) is 0 Å². The topological polar surface area (TPSA) is 103 Å². The number of benzene rings is 1. The second kappa shape index (κ2) is 10.1. The van der Waals surface area contributed by atoms with Gasteiger partial charge in [0.15, 0.2) is 5.82 Å². The number of fused-ring (bicyclic) bond motifs is 1. The van der Waals surface area contributed by atoms with Crippen molar-refractivity contribution >= 4 is 28.7 Å². The summed E-state index contributed by atoms with van der Waals surface area (Å²) in [6.07, 6.45) is -1.71. The van der Waals surface area contributed by atoms with Crippen molar-refractivity contribution in [3.05, 3.63) is 59.9 Å². The number of piperazine rings is 1. The number of rotatable bonds is 6. The summed E-state index contributed by atoms with van der Waals surface area (Å²) in [6.45, 7) is 5.23. The molecule has 2 N–H and O–H groups in total. The fraction of sp³-hybridized carbons (Fsp3) is 0.393. The van der Waals surface area contributed by atoms with Gasteiger partial charge in [-0.2, -0.15) is 13.2 Å². The first kappa shape index (κ1) is 27.1. The van der Waals surface area contributed by atoms with Crippen LogP contribution in [-0.2, 0) is 4.79 Å². The summed E-state index contributed by atoms with van der Waals surface area (Å²) in [6, 6.07) is 8.70. The Morgan fingerprint density at radius 3 is 2.51 bits per heavy atom. The van der Waals surface area contributed by atoms with Crippen molar-refractivity contribution in [3.8, 4) is 11.3 Å². The van der Waals surface area contributed by atoms with E-state index in [0.717, 1.165) is 11.3 Å². The molecule has 0 radical (unpaired) electrons. The van der Waals surface area contributed by atoms with Gasteiger partial charge in [-0.15, -0.1) is 0 Å². The number of alkyl halides is 3. The average Bonchev–Trinajstić information content (AvgIpc) is 3.68. The van der Waals surface area contributed by atoms with Crippen LogP contribution in [0.1, 0.15) is 37.1 Å². The Labute approximate surface area is 233 Å². The summed E-state index contributed by atoms with van der Waals surface area (Å²) < 4.78 is 55.6. The van der Waals surface area contributed by atoms with E-state index in [0.29, 0.717) is 41.6 Å². The van der Waals surface area contributed by atoms with E-state index in [1.165, 1.54) is 11.2 Å². The molecule has 6 rings (SSSR count). The van der Waals surface area contributed by atoms with E-state index >= 15 is 4.39 Å². The molecule has 1 aromatic carbocycles. The highest BCUT2D eigenvalue weighted by atomic mass is 19.4. The quantitative estimate of drug-likeness (QED) is 0.310. The Morgan fingerprint density at radius 1 is 1.07 bits per heavy atom. The average molecular weight is 569 g/mol. The molecule has 41 heavy (non-hydrogen) atoms. The van der Waals surface area contributed by atoms with Gasteiger partial charge in [-0.05, 0) is 62.6 Å². The lowest BCUT2D eigenvalue weighted by Crippen LogP contribution is -2.53. The highest BCUT2D eigenvalue weighted by Gasteiger charge is 2.69. The van der Waals surface area contributed by atoms with Crippen molar-refractivity contribution in [2.45, 2.75) is 38.9 Å². The number of nitrogens with one attached hydrogen (secondary N) is 2. The van der Waals surface area contributed by atoms with Crippen molar-refractivity contribution in [2.24, 2.45) is 5.41 Å². The Bertz CT molecular complexity index is 1610. The van der Waals surface area contributed by atoms with Gasteiger partial charge in [0.2, 0.25) is 11.9 Å². The van der Waals surface area contributed by atoms with Crippen LogP contribution in [0.3, 0.4) is 0 Å². The molecule has 1 saturated heterocycles. The number of H-pyrrole nitrogens is 1. The third-order valence-electron chi connectivity index (χ3n) is 8.04. The van der Waals surface area contributed by atoms with Gasteiger partial charge in [0.1, 0.15) is 23.1 Å². The molecule has 9 nitrogen and oxygen atoms in total. The van der Waals surface area contributed by atoms with Crippen molar-refractivity contribution in [1.29, 1.82) is 0 Å². The maximum atomic E-state index is 15.4. The van der Waals surface area contributed by atoms with Crippen LogP contribution in [0.2, 0.25) is 0 Å². The van der Waals surface area contributed by atoms with E-state index in [-0.39, 0.29) is 37.5 Å². The third-order valence-corrected chi connectivity index (χ3v) is 8.04. The minimum Gasteiger partial charge on any atom is -0.339 e. The second-order valence-electron chi connectivity index (χ2n) is 10.6. The summed E-state index contributed by atoms with van der Waals surface area (Å²) >= 11 is 0. The predicted molar refractivity (Wildman–Crippen MR) is 144 cm³/mol. The number of hydrogen-bond acceptors (Lipinski definition) is 7. The van der Waals surface area contributed by atoms with Crippen LogP contribution >= 0.6 is 0 Å². The predicted octanol–water partition coefficient (Wildman–Crippen LogP) is 5.15. The minimum absolute atomic E-state index is 0.0692. The normalized spacial score (nSPS) is 18.0.